The molecule has 0 aliphatic heterocycles. The van der Waals surface area contributed by atoms with Crippen molar-refractivity contribution in [3.63, 3.8) is 0 Å². The lowest BCUT2D eigenvalue weighted by molar-refractivity contribution is -0.158. The lowest BCUT2D eigenvalue weighted by atomic mass is 10.2. The number of carbonyl (C=O) groups is 1. The first-order valence-electron chi connectivity index (χ1n) is 5.15. The van der Waals surface area contributed by atoms with Crippen molar-refractivity contribution in [2.45, 2.75) is 46.3 Å². The fourth-order valence-corrected chi connectivity index (χ4v) is 1.41. The van der Waals surface area contributed by atoms with Crippen molar-refractivity contribution < 1.29 is 9.53 Å². The highest BCUT2D eigenvalue weighted by Gasteiger charge is 2.24. The number of hydrogen-bond donors (Lipinski definition) is 0. The van der Waals surface area contributed by atoms with Gasteiger partial charge in [0.05, 0.1) is 16.9 Å². The Balaban J connectivity index is 2.83. The topological polar surface area (TPSA) is 44.1 Å². The average molecular weight is 245 g/mol. The molecule has 90 valence electrons. The van der Waals surface area contributed by atoms with Crippen molar-refractivity contribution in [2.24, 2.45) is 0 Å². The zero-order valence-electron chi connectivity index (χ0n) is 10.2. The zero-order valence-corrected chi connectivity index (χ0v) is 11.0. The van der Waals surface area contributed by atoms with Gasteiger partial charge in [0, 0.05) is 0 Å². The largest absolute Gasteiger partial charge is 0.458 e. The van der Waals surface area contributed by atoms with Gasteiger partial charge in [-0.3, -0.25) is 4.68 Å². The number of esters is 1. The number of carbonyl (C=O) groups excluding carboxylic acids is 1. The molecule has 1 atom stereocenters. The monoisotopic (exact) mass is 244 g/mol. The van der Waals surface area contributed by atoms with Crippen LogP contribution in [0.3, 0.4) is 0 Å². The third-order valence-corrected chi connectivity index (χ3v) is 2.47. The quantitative estimate of drug-likeness (QED) is 0.752. The van der Waals surface area contributed by atoms with Crippen molar-refractivity contribution in [3.8, 4) is 0 Å². The standard InChI is InChI=1S/C11H17ClN2O2/c1-7-9(12)6-13-14(7)8(2)10(15)16-11(3,4)5/h6,8H,1-5H3. The second-order valence-electron chi connectivity index (χ2n) is 4.73. The Labute approximate surface area is 101 Å². The molecule has 0 aliphatic carbocycles. The first-order chi connectivity index (χ1) is 7.22. The number of hydrogen-bond acceptors (Lipinski definition) is 3. The normalized spacial score (nSPS) is 13.6. The Morgan fingerprint density at radius 2 is 2.12 bits per heavy atom. The molecule has 1 unspecified atom stereocenters. The third-order valence-electron chi connectivity index (χ3n) is 2.10. The fourth-order valence-electron chi connectivity index (χ4n) is 1.28. The predicted octanol–water partition coefficient (Wildman–Crippen LogP) is 2.75. The number of halogens is 1. The smallest absolute Gasteiger partial charge is 0.331 e. The summed E-state index contributed by atoms with van der Waals surface area (Å²) in [6.07, 6.45) is 1.53. The van der Waals surface area contributed by atoms with Crippen molar-refractivity contribution in [1.29, 1.82) is 0 Å². The van der Waals surface area contributed by atoms with E-state index in [0.29, 0.717) is 5.02 Å². The van der Waals surface area contributed by atoms with Crippen LogP contribution >= 0.6 is 11.6 Å². The number of nitrogens with zero attached hydrogens (tertiary/aromatic N) is 2. The minimum absolute atomic E-state index is 0.310. The van der Waals surface area contributed by atoms with Crippen molar-refractivity contribution in [2.75, 3.05) is 0 Å². The van der Waals surface area contributed by atoms with Crippen LogP contribution in [0.4, 0.5) is 0 Å². The average Bonchev–Trinajstić information content (AvgIpc) is 2.44. The van der Waals surface area contributed by atoms with E-state index >= 15 is 0 Å². The second kappa shape index (κ2) is 4.45. The summed E-state index contributed by atoms with van der Waals surface area (Å²) in [7, 11) is 0. The van der Waals surface area contributed by atoms with Crippen LogP contribution in [-0.2, 0) is 9.53 Å². The van der Waals surface area contributed by atoms with Crippen LogP contribution in [0.2, 0.25) is 5.02 Å². The Hall–Kier alpha value is -1.03. The van der Waals surface area contributed by atoms with E-state index in [2.05, 4.69) is 5.10 Å². The van der Waals surface area contributed by atoms with E-state index in [-0.39, 0.29) is 5.97 Å². The molecular formula is C11H17ClN2O2. The molecule has 0 spiro atoms. The molecule has 0 fully saturated rings. The molecular weight excluding hydrogens is 228 g/mol. The summed E-state index contributed by atoms with van der Waals surface area (Å²) in [5.41, 5.74) is 0.274. The second-order valence-corrected chi connectivity index (χ2v) is 5.14. The van der Waals surface area contributed by atoms with Gasteiger partial charge in [-0.2, -0.15) is 5.10 Å². The predicted molar refractivity (Wildman–Crippen MR) is 62.5 cm³/mol. The maximum absolute atomic E-state index is 11.8. The molecule has 0 bridgehead atoms. The minimum Gasteiger partial charge on any atom is -0.458 e. The molecule has 0 amide bonds. The highest BCUT2D eigenvalue weighted by atomic mass is 35.5. The van der Waals surface area contributed by atoms with Crippen molar-refractivity contribution >= 4 is 17.6 Å². The van der Waals surface area contributed by atoms with E-state index in [9.17, 15) is 4.79 Å². The van der Waals surface area contributed by atoms with Gasteiger partial charge >= 0.3 is 5.97 Å². The highest BCUT2D eigenvalue weighted by molar-refractivity contribution is 6.31. The molecule has 0 saturated heterocycles. The molecule has 0 aromatic carbocycles. The lowest BCUT2D eigenvalue weighted by Gasteiger charge is -2.22. The summed E-state index contributed by atoms with van der Waals surface area (Å²) in [5, 5.41) is 4.60. The van der Waals surface area contributed by atoms with Gasteiger partial charge in [0.25, 0.3) is 0 Å². The van der Waals surface area contributed by atoms with Gasteiger partial charge in [0.2, 0.25) is 0 Å². The van der Waals surface area contributed by atoms with Crippen LogP contribution in [0.1, 0.15) is 39.4 Å². The molecule has 0 aliphatic rings. The van der Waals surface area contributed by atoms with E-state index in [1.165, 1.54) is 6.20 Å². The van der Waals surface area contributed by atoms with Gasteiger partial charge in [-0.05, 0) is 34.6 Å². The lowest BCUT2D eigenvalue weighted by Crippen LogP contribution is -2.29. The van der Waals surface area contributed by atoms with Crippen LogP contribution in [0.25, 0.3) is 0 Å². The number of aromatic nitrogens is 2. The Kier molecular flexibility index (Phi) is 3.63. The van der Waals surface area contributed by atoms with E-state index < -0.39 is 11.6 Å². The molecule has 16 heavy (non-hydrogen) atoms. The van der Waals surface area contributed by atoms with Crippen LogP contribution < -0.4 is 0 Å². The molecule has 1 rings (SSSR count). The summed E-state index contributed by atoms with van der Waals surface area (Å²) in [5.74, 6) is -0.310. The number of ether oxygens (including phenoxy) is 1. The summed E-state index contributed by atoms with van der Waals surface area (Å²) in [6.45, 7) is 9.06. The molecule has 0 N–H and O–H groups in total. The molecule has 1 aromatic rings. The fraction of sp³-hybridized carbons (Fsp3) is 0.636. The van der Waals surface area contributed by atoms with Crippen LogP contribution in [0.5, 0.6) is 0 Å². The number of rotatable bonds is 2. The van der Waals surface area contributed by atoms with E-state index in [4.69, 9.17) is 16.3 Å². The maximum atomic E-state index is 11.8. The summed E-state index contributed by atoms with van der Waals surface area (Å²) in [4.78, 5) is 11.8. The molecule has 5 heteroatoms. The summed E-state index contributed by atoms with van der Waals surface area (Å²) >= 11 is 5.88. The van der Waals surface area contributed by atoms with Gasteiger partial charge in [-0.25, -0.2) is 4.79 Å². The van der Waals surface area contributed by atoms with E-state index in [1.807, 2.05) is 27.7 Å². The van der Waals surface area contributed by atoms with Gasteiger partial charge in [-0.1, -0.05) is 11.6 Å². The summed E-state index contributed by atoms with van der Waals surface area (Å²) in [6, 6.07) is -0.466. The first kappa shape index (κ1) is 13.0. The first-order valence-corrected chi connectivity index (χ1v) is 5.52. The SMILES string of the molecule is Cc1c(Cl)cnn1C(C)C(=O)OC(C)(C)C. The maximum Gasteiger partial charge on any atom is 0.331 e. The Morgan fingerprint density at radius 3 is 2.50 bits per heavy atom. The highest BCUT2D eigenvalue weighted by Crippen LogP contribution is 2.20. The van der Waals surface area contributed by atoms with Crippen LogP contribution in [-0.4, -0.2) is 21.4 Å². The van der Waals surface area contributed by atoms with Gasteiger partial charge < -0.3 is 4.74 Å². The van der Waals surface area contributed by atoms with E-state index in [0.717, 1.165) is 5.69 Å². The van der Waals surface area contributed by atoms with Crippen molar-refractivity contribution in [1.82, 2.24) is 9.78 Å². The summed E-state index contributed by atoms with van der Waals surface area (Å²) < 4.78 is 6.84. The zero-order chi connectivity index (χ0) is 12.5. The van der Waals surface area contributed by atoms with Crippen LogP contribution in [0, 0.1) is 6.92 Å². The van der Waals surface area contributed by atoms with E-state index in [1.54, 1.807) is 11.6 Å². The van der Waals surface area contributed by atoms with Crippen molar-refractivity contribution in [3.05, 3.63) is 16.9 Å². The van der Waals surface area contributed by atoms with Gasteiger partial charge in [0.1, 0.15) is 11.6 Å². The Morgan fingerprint density at radius 1 is 1.56 bits per heavy atom. The minimum atomic E-state index is -0.490. The molecule has 1 aromatic heterocycles. The molecule has 1 heterocycles. The van der Waals surface area contributed by atoms with Gasteiger partial charge in [-0.15, -0.1) is 0 Å². The van der Waals surface area contributed by atoms with Gasteiger partial charge in [0.15, 0.2) is 0 Å². The molecule has 0 saturated carbocycles. The third kappa shape index (κ3) is 2.98. The van der Waals surface area contributed by atoms with Crippen LogP contribution in [0.15, 0.2) is 6.20 Å². The molecule has 4 nitrogen and oxygen atoms in total. The Bertz CT molecular complexity index is 393. The molecule has 0 radical (unpaired) electrons.